The predicted octanol–water partition coefficient (Wildman–Crippen LogP) is 2.60. The first-order chi connectivity index (χ1) is 8.69. The van der Waals surface area contributed by atoms with Crippen LogP contribution < -0.4 is 11.4 Å². The summed E-state index contributed by atoms with van der Waals surface area (Å²) in [6.07, 6.45) is 4.35. The molecule has 1 aliphatic carbocycles. The molecule has 0 radical (unpaired) electrons. The lowest BCUT2D eigenvalue weighted by Gasteiger charge is -2.14. The number of hydrogen-bond donors (Lipinski definition) is 1. The van der Waals surface area contributed by atoms with Crippen LogP contribution in [0.25, 0.3) is 16.8 Å². The van der Waals surface area contributed by atoms with Gasteiger partial charge in [0.05, 0.1) is 5.39 Å². The zero-order valence-corrected chi connectivity index (χ0v) is 10.3. The molecule has 18 heavy (non-hydrogen) atoms. The van der Waals surface area contributed by atoms with Gasteiger partial charge in [-0.25, -0.2) is 4.79 Å². The minimum absolute atomic E-state index is 0.273. The average molecular weight is 241 g/mol. The molecule has 1 aromatic heterocycles. The largest absolute Gasteiger partial charge is 0.423 e. The molecule has 0 bridgehead atoms. The van der Waals surface area contributed by atoms with Gasteiger partial charge in [0.25, 0.3) is 0 Å². The monoisotopic (exact) mass is 241 g/mol. The van der Waals surface area contributed by atoms with Crippen LogP contribution in [-0.2, 0) is 12.8 Å². The van der Waals surface area contributed by atoms with Crippen molar-refractivity contribution >= 4 is 16.8 Å². The summed E-state index contributed by atoms with van der Waals surface area (Å²) < 4.78 is 5.37. The molecule has 0 amide bonds. The van der Waals surface area contributed by atoms with Gasteiger partial charge in [-0.1, -0.05) is 19.1 Å². The van der Waals surface area contributed by atoms with E-state index in [0.717, 1.165) is 41.5 Å². The van der Waals surface area contributed by atoms with Gasteiger partial charge < -0.3 is 10.2 Å². The summed E-state index contributed by atoms with van der Waals surface area (Å²) in [6, 6.07) is 6.03. The Morgan fingerprint density at radius 3 is 2.89 bits per heavy atom. The van der Waals surface area contributed by atoms with Gasteiger partial charge in [0, 0.05) is 11.3 Å². The van der Waals surface area contributed by atoms with Crippen molar-refractivity contribution in [1.29, 1.82) is 0 Å². The molecule has 0 fully saturated rings. The summed E-state index contributed by atoms with van der Waals surface area (Å²) in [7, 11) is 0. The highest BCUT2D eigenvalue weighted by Crippen LogP contribution is 2.27. The van der Waals surface area contributed by atoms with E-state index in [1.807, 2.05) is 12.1 Å². The first-order valence-electron chi connectivity index (χ1n) is 6.23. The number of nitrogens with two attached hydrogens (primary N) is 1. The molecule has 0 spiro atoms. The Kier molecular flexibility index (Phi) is 2.47. The highest BCUT2D eigenvalue weighted by Gasteiger charge is 2.16. The SMILES string of the molecule is CCc1ccc2c3c(oc(=O)c2c1)C=C(N)CC3. The Morgan fingerprint density at radius 1 is 1.28 bits per heavy atom. The fraction of sp³-hybridized carbons (Fsp3) is 0.267. The van der Waals surface area contributed by atoms with Crippen molar-refractivity contribution in [3.05, 3.63) is 51.2 Å². The smallest absolute Gasteiger partial charge is 0.344 e. The van der Waals surface area contributed by atoms with Gasteiger partial charge in [-0.15, -0.1) is 0 Å². The fourth-order valence-corrected chi connectivity index (χ4v) is 2.48. The number of benzene rings is 1. The van der Waals surface area contributed by atoms with Crippen molar-refractivity contribution in [2.45, 2.75) is 26.2 Å². The molecule has 3 rings (SSSR count). The maximum absolute atomic E-state index is 12.0. The maximum Gasteiger partial charge on any atom is 0.344 e. The second-order valence-corrected chi connectivity index (χ2v) is 4.69. The third kappa shape index (κ3) is 1.63. The molecule has 0 saturated carbocycles. The topological polar surface area (TPSA) is 56.2 Å². The Hall–Kier alpha value is -2.03. The van der Waals surface area contributed by atoms with Crippen molar-refractivity contribution in [2.24, 2.45) is 5.73 Å². The zero-order valence-electron chi connectivity index (χ0n) is 10.3. The molecule has 92 valence electrons. The van der Waals surface area contributed by atoms with Crippen LogP contribution in [0, 0.1) is 0 Å². The lowest BCUT2D eigenvalue weighted by atomic mass is 9.95. The molecule has 3 heteroatoms. The van der Waals surface area contributed by atoms with E-state index in [9.17, 15) is 4.79 Å². The fourth-order valence-electron chi connectivity index (χ4n) is 2.48. The van der Waals surface area contributed by atoms with Gasteiger partial charge in [-0.2, -0.15) is 0 Å². The number of aryl methyl sites for hydroxylation is 2. The second kappa shape index (κ2) is 4.02. The third-order valence-electron chi connectivity index (χ3n) is 3.52. The van der Waals surface area contributed by atoms with Crippen molar-refractivity contribution in [1.82, 2.24) is 0 Å². The first-order valence-corrected chi connectivity index (χ1v) is 6.23. The summed E-state index contributed by atoms with van der Waals surface area (Å²) in [6.45, 7) is 2.07. The van der Waals surface area contributed by atoms with Gasteiger partial charge in [-0.3, -0.25) is 0 Å². The summed E-state index contributed by atoms with van der Waals surface area (Å²) in [5.41, 5.74) is 8.54. The highest BCUT2D eigenvalue weighted by molar-refractivity contribution is 5.87. The summed E-state index contributed by atoms with van der Waals surface area (Å²) in [5.74, 6) is 0.625. The van der Waals surface area contributed by atoms with Crippen LogP contribution in [0.3, 0.4) is 0 Å². The van der Waals surface area contributed by atoms with E-state index >= 15 is 0 Å². The quantitative estimate of drug-likeness (QED) is 0.834. The molecule has 0 aliphatic heterocycles. The minimum Gasteiger partial charge on any atom is -0.423 e. The van der Waals surface area contributed by atoms with Crippen LogP contribution in [-0.4, -0.2) is 0 Å². The molecular weight excluding hydrogens is 226 g/mol. The third-order valence-corrected chi connectivity index (χ3v) is 3.52. The van der Waals surface area contributed by atoms with Gasteiger partial charge >= 0.3 is 5.63 Å². The Balaban J connectivity index is 2.37. The molecule has 1 aromatic carbocycles. The van der Waals surface area contributed by atoms with Crippen LogP contribution in [0.15, 0.2) is 33.1 Å². The highest BCUT2D eigenvalue weighted by atomic mass is 16.4. The van der Waals surface area contributed by atoms with Crippen LogP contribution in [0.4, 0.5) is 0 Å². The summed E-state index contributed by atoms with van der Waals surface area (Å²) in [5, 5.41) is 1.68. The van der Waals surface area contributed by atoms with E-state index in [4.69, 9.17) is 10.2 Å². The van der Waals surface area contributed by atoms with Gasteiger partial charge in [0.1, 0.15) is 5.76 Å². The van der Waals surface area contributed by atoms with E-state index in [2.05, 4.69) is 13.0 Å². The molecule has 3 nitrogen and oxygen atoms in total. The normalized spacial score (nSPS) is 14.4. The van der Waals surface area contributed by atoms with Crippen molar-refractivity contribution in [3.8, 4) is 0 Å². The van der Waals surface area contributed by atoms with Crippen molar-refractivity contribution in [3.63, 3.8) is 0 Å². The lowest BCUT2D eigenvalue weighted by molar-refractivity contribution is 0.499. The molecule has 0 saturated heterocycles. The van der Waals surface area contributed by atoms with Crippen molar-refractivity contribution < 1.29 is 4.42 Å². The number of hydrogen-bond acceptors (Lipinski definition) is 3. The van der Waals surface area contributed by atoms with Gasteiger partial charge in [-0.05, 0) is 42.4 Å². The number of fused-ring (bicyclic) bond motifs is 3. The van der Waals surface area contributed by atoms with E-state index < -0.39 is 0 Å². The van der Waals surface area contributed by atoms with E-state index in [1.165, 1.54) is 0 Å². The average Bonchev–Trinajstić information content (AvgIpc) is 2.38. The summed E-state index contributed by atoms with van der Waals surface area (Å²) >= 11 is 0. The molecule has 1 heterocycles. The van der Waals surface area contributed by atoms with Gasteiger partial charge in [0.2, 0.25) is 0 Å². The molecule has 2 aromatic rings. The number of allylic oxidation sites excluding steroid dienone is 1. The van der Waals surface area contributed by atoms with Crippen LogP contribution in [0.5, 0.6) is 0 Å². The van der Waals surface area contributed by atoms with Crippen LogP contribution >= 0.6 is 0 Å². The van der Waals surface area contributed by atoms with Crippen LogP contribution in [0.1, 0.15) is 30.2 Å². The summed E-state index contributed by atoms with van der Waals surface area (Å²) in [4.78, 5) is 12.0. The standard InChI is InChI=1S/C15H15NO2/c1-2-9-3-5-11-12-6-4-10(16)8-14(12)18-15(17)13(11)7-9/h3,5,7-8H,2,4,6,16H2,1H3. The predicted molar refractivity (Wildman–Crippen MR) is 72.3 cm³/mol. The first kappa shape index (κ1) is 11.1. The minimum atomic E-state index is -0.273. The Labute approximate surface area is 105 Å². The Bertz CT molecular complexity index is 710. The maximum atomic E-state index is 12.0. The molecule has 2 N–H and O–H groups in total. The molecular formula is C15H15NO2. The molecule has 1 aliphatic rings. The van der Waals surface area contributed by atoms with Crippen LogP contribution in [0.2, 0.25) is 0 Å². The second-order valence-electron chi connectivity index (χ2n) is 4.69. The number of rotatable bonds is 1. The zero-order chi connectivity index (χ0) is 12.7. The van der Waals surface area contributed by atoms with E-state index in [-0.39, 0.29) is 5.63 Å². The van der Waals surface area contributed by atoms with Crippen molar-refractivity contribution in [2.75, 3.05) is 0 Å². The Morgan fingerprint density at radius 2 is 2.11 bits per heavy atom. The molecule has 0 atom stereocenters. The molecule has 0 unspecified atom stereocenters. The lowest BCUT2D eigenvalue weighted by Crippen LogP contribution is -2.11. The van der Waals surface area contributed by atoms with E-state index in [0.29, 0.717) is 11.1 Å². The van der Waals surface area contributed by atoms with E-state index in [1.54, 1.807) is 6.08 Å². The van der Waals surface area contributed by atoms with Gasteiger partial charge in [0.15, 0.2) is 0 Å².